The molecule has 4 nitrogen and oxygen atoms in total. The molecule has 3 N–H and O–H groups in total. The Hall–Kier alpha value is -1.07. The molecule has 0 bridgehead atoms. The summed E-state index contributed by atoms with van der Waals surface area (Å²) in [5.41, 5.74) is 7.23. The smallest absolute Gasteiger partial charge is 0.229 e. The van der Waals surface area contributed by atoms with Gasteiger partial charge >= 0.3 is 0 Å². The number of amides is 1. The molecule has 1 aromatic heterocycles. The van der Waals surface area contributed by atoms with E-state index >= 15 is 0 Å². The summed E-state index contributed by atoms with van der Waals surface area (Å²) in [6.07, 6.45) is 4.39. The molecule has 0 aliphatic carbocycles. The quantitative estimate of drug-likeness (QED) is 0.803. The average Bonchev–Trinajstić information content (AvgIpc) is 2.39. The van der Waals surface area contributed by atoms with E-state index < -0.39 is 0 Å². The molecule has 0 saturated carbocycles. The fourth-order valence-electron chi connectivity index (χ4n) is 1.47. The lowest BCUT2D eigenvalue weighted by Crippen LogP contribution is -2.28. The van der Waals surface area contributed by atoms with Gasteiger partial charge in [0, 0.05) is 30.7 Å². The van der Waals surface area contributed by atoms with Gasteiger partial charge in [0.05, 0.1) is 5.75 Å². The maximum absolute atomic E-state index is 11.3. The molecule has 94 valence electrons. The van der Waals surface area contributed by atoms with Crippen molar-refractivity contribution in [3.8, 4) is 0 Å². The molecule has 17 heavy (non-hydrogen) atoms. The van der Waals surface area contributed by atoms with E-state index in [9.17, 15) is 4.79 Å². The monoisotopic (exact) mass is 253 g/mol. The number of aromatic nitrogens is 1. The largest absolute Gasteiger partial charge is 0.358 e. The van der Waals surface area contributed by atoms with Crippen molar-refractivity contribution >= 4 is 17.7 Å². The lowest BCUT2D eigenvalue weighted by molar-refractivity contribution is -0.118. The molecule has 1 heterocycles. The Balaban J connectivity index is 2.71. The molecule has 0 aromatic carbocycles. The van der Waals surface area contributed by atoms with Crippen LogP contribution >= 0.6 is 11.8 Å². The predicted molar refractivity (Wildman–Crippen MR) is 71.8 cm³/mol. The second kappa shape index (κ2) is 7.29. The van der Waals surface area contributed by atoms with E-state index in [-0.39, 0.29) is 17.2 Å². The first-order chi connectivity index (χ1) is 8.19. The first kappa shape index (κ1) is 14.0. The SMILES string of the molecule is CCC(N)C(SCC(=O)NC)c1ccncc1. The summed E-state index contributed by atoms with van der Waals surface area (Å²) in [7, 11) is 1.64. The second-order valence-electron chi connectivity index (χ2n) is 3.76. The van der Waals surface area contributed by atoms with E-state index in [1.807, 2.05) is 12.1 Å². The van der Waals surface area contributed by atoms with Gasteiger partial charge in [0.1, 0.15) is 0 Å². The first-order valence-corrected chi connectivity index (χ1v) is 6.71. The third-order valence-corrected chi connectivity index (χ3v) is 3.98. The molecule has 0 saturated heterocycles. The molecule has 1 rings (SSSR count). The molecule has 0 aliphatic rings. The van der Waals surface area contributed by atoms with Gasteiger partial charge in [0.25, 0.3) is 0 Å². The third kappa shape index (κ3) is 4.36. The van der Waals surface area contributed by atoms with Crippen molar-refractivity contribution in [1.29, 1.82) is 0 Å². The highest BCUT2D eigenvalue weighted by Gasteiger charge is 2.19. The minimum Gasteiger partial charge on any atom is -0.358 e. The lowest BCUT2D eigenvalue weighted by Gasteiger charge is -2.22. The zero-order chi connectivity index (χ0) is 12.7. The second-order valence-corrected chi connectivity index (χ2v) is 4.89. The van der Waals surface area contributed by atoms with Crippen LogP contribution in [-0.4, -0.2) is 29.7 Å². The maximum Gasteiger partial charge on any atom is 0.229 e. The Labute approximate surface area is 106 Å². The standard InChI is InChI=1S/C12H19N3OS/c1-3-10(13)12(17-8-11(16)14-2)9-4-6-15-7-5-9/h4-7,10,12H,3,8,13H2,1-2H3,(H,14,16). The number of rotatable bonds is 6. The van der Waals surface area contributed by atoms with Crippen LogP contribution in [0.15, 0.2) is 24.5 Å². The van der Waals surface area contributed by atoms with E-state index in [0.29, 0.717) is 5.75 Å². The zero-order valence-corrected chi connectivity index (χ0v) is 11.0. The van der Waals surface area contributed by atoms with Crippen LogP contribution in [0, 0.1) is 0 Å². The topological polar surface area (TPSA) is 68.0 Å². The van der Waals surface area contributed by atoms with Crippen molar-refractivity contribution in [2.24, 2.45) is 5.73 Å². The normalized spacial score (nSPS) is 14.1. The number of carbonyl (C=O) groups excluding carboxylic acids is 1. The molecule has 1 aromatic rings. The molecule has 1 amide bonds. The molecule has 0 aliphatic heterocycles. The van der Waals surface area contributed by atoms with E-state index in [1.54, 1.807) is 31.2 Å². The van der Waals surface area contributed by atoms with Crippen molar-refractivity contribution in [3.05, 3.63) is 30.1 Å². The van der Waals surface area contributed by atoms with Crippen LogP contribution in [0.25, 0.3) is 0 Å². The van der Waals surface area contributed by atoms with Crippen molar-refractivity contribution in [2.75, 3.05) is 12.8 Å². The van der Waals surface area contributed by atoms with E-state index in [2.05, 4.69) is 17.2 Å². The van der Waals surface area contributed by atoms with Gasteiger partial charge in [-0.15, -0.1) is 11.8 Å². The van der Waals surface area contributed by atoms with E-state index in [0.717, 1.165) is 12.0 Å². The summed E-state index contributed by atoms with van der Waals surface area (Å²) in [5.74, 6) is 0.453. The predicted octanol–water partition coefficient (Wildman–Crippen LogP) is 1.34. The summed E-state index contributed by atoms with van der Waals surface area (Å²) in [6, 6.07) is 3.96. The van der Waals surface area contributed by atoms with Crippen LogP contribution in [0.5, 0.6) is 0 Å². The summed E-state index contributed by atoms with van der Waals surface area (Å²) in [4.78, 5) is 15.3. The number of hydrogen-bond donors (Lipinski definition) is 2. The van der Waals surface area contributed by atoms with Gasteiger partial charge in [-0.25, -0.2) is 0 Å². The van der Waals surface area contributed by atoms with Crippen LogP contribution in [0.3, 0.4) is 0 Å². The Kier molecular flexibility index (Phi) is 6.00. The fraction of sp³-hybridized carbons (Fsp3) is 0.500. The van der Waals surface area contributed by atoms with Crippen LogP contribution in [0.2, 0.25) is 0 Å². The summed E-state index contributed by atoms with van der Waals surface area (Å²) >= 11 is 1.58. The Morgan fingerprint density at radius 2 is 2.18 bits per heavy atom. The zero-order valence-electron chi connectivity index (χ0n) is 10.2. The Bertz CT molecular complexity index is 345. The molecule has 0 radical (unpaired) electrons. The third-order valence-electron chi connectivity index (χ3n) is 2.57. The molecular formula is C12H19N3OS. The molecule has 2 unspecified atom stereocenters. The van der Waals surface area contributed by atoms with Crippen molar-refractivity contribution in [1.82, 2.24) is 10.3 Å². The molecule has 0 fully saturated rings. The van der Waals surface area contributed by atoms with E-state index in [1.165, 1.54) is 0 Å². The van der Waals surface area contributed by atoms with Gasteiger partial charge in [-0.2, -0.15) is 0 Å². The van der Waals surface area contributed by atoms with Crippen molar-refractivity contribution < 1.29 is 4.79 Å². The lowest BCUT2D eigenvalue weighted by atomic mass is 10.1. The highest BCUT2D eigenvalue weighted by molar-refractivity contribution is 8.00. The van der Waals surface area contributed by atoms with Gasteiger partial charge in [0.2, 0.25) is 5.91 Å². The first-order valence-electron chi connectivity index (χ1n) is 5.66. The van der Waals surface area contributed by atoms with Crippen LogP contribution in [0.1, 0.15) is 24.2 Å². The highest BCUT2D eigenvalue weighted by Crippen LogP contribution is 2.31. The molecule has 0 spiro atoms. The van der Waals surface area contributed by atoms with Crippen LogP contribution in [0.4, 0.5) is 0 Å². The number of nitrogens with zero attached hydrogens (tertiary/aromatic N) is 1. The highest BCUT2D eigenvalue weighted by atomic mass is 32.2. The summed E-state index contributed by atoms with van der Waals surface area (Å²) in [5, 5.41) is 2.75. The Morgan fingerprint density at radius 3 is 2.71 bits per heavy atom. The molecule has 5 heteroatoms. The Morgan fingerprint density at radius 1 is 1.53 bits per heavy atom. The molecule has 2 atom stereocenters. The minimum atomic E-state index is 0.0253. The van der Waals surface area contributed by atoms with Gasteiger partial charge < -0.3 is 11.1 Å². The van der Waals surface area contributed by atoms with Crippen LogP contribution in [-0.2, 0) is 4.79 Å². The van der Waals surface area contributed by atoms with Gasteiger partial charge in [0.15, 0.2) is 0 Å². The van der Waals surface area contributed by atoms with Crippen molar-refractivity contribution in [2.45, 2.75) is 24.6 Å². The summed E-state index contributed by atoms with van der Waals surface area (Å²) in [6.45, 7) is 2.05. The minimum absolute atomic E-state index is 0.0253. The number of pyridine rings is 1. The fourth-order valence-corrected chi connectivity index (χ4v) is 2.74. The maximum atomic E-state index is 11.3. The number of hydrogen-bond acceptors (Lipinski definition) is 4. The van der Waals surface area contributed by atoms with Gasteiger partial charge in [-0.3, -0.25) is 9.78 Å². The molecular weight excluding hydrogens is 234 g/mol. The van der Waals surface area contributed by atoms with Crippen molar-refractivity contribution in [3.63, 3.8) is 0 Å². The van der Waals surface area contributed by atoms with E-state index in [4.69, 9.17) is 5.73 Å². The number of thioether (sulfide) groups is 1. The van der Waals surface area contributed by atoms with Gasteiger partial charge in [-0.05, 0) is 24.1 Å². The van der Waals surface area contributed by atoms with Gasteiger partial charge in [-0.1, -0.05) is 6.92 Å². The summed E-state index contributed by atoms with van der Waals surface area (Å²) < 4.78 is 0. The number of nitrogens with two attached hydrogens (primary N) is 1. The van der Waals surface area contributed by atoms with Crippen LogP contribution < -0.4 is 11.1 Å². The number of nitrogens with one attached hydrogen (secondary N) is 1. The number of carbonyl (C=O) groups is 1. The average molecular weight is 253 g/mol.